The van der Waals surface area contributed by atoms with Gasteiger partial charge in [-0.3, -0.25) is 9.59 Å². The summed E-state index contributed by atoms with van der Waals surface area (Å²) in [6.07, 6.45) is -0.0851. The van der Waals surface area contributed by atoms with Gasteiger partial charge in [0.15, 0.2) is 0 Å². The summed E-state index contributed by atoms with van der Waals surface area (Å²) in [5.41, 5.74) is 0. The number of nitrogens with one attached hydrogen (secondary N) is 1. The molecule has 16 heavy (non-hydrogen) atoms. The highest BCUT2D eigenvalue weighted by molar-refractivity contribution is 5.84. The Kier molecular flexibility index (Phi) is 6.86. The van der Waals surface area contributed by atoms with Crippen molar-refractivity contribution < 1.29 is 29.0 Å². The summed E-state index contributed by atoms with van der Waals surface area (Å²) in [4.78, 5) is 32.6. The lowest BCUT2D eigenvalue weighted by molar-refractivity contribution is -0.144. The number of carbonyl (C=O) groups is 3. The molecule has 7 nitrogen and oxygen atoms in total. The van der Waals surface area contributed by atoms with Crippen molar-refractivity contribution in [2.75, 3.05) is 20.8 Å². The number of ether oxygens (including phenoxy) is 2. The molecule has 0 saturated heterocycles. The molecule has 0 bridgehead atoms. The van der Waals surface area contributed by atoms with E-state index in [0.717, 1.165) is 0 Å². The van der Waals surface area contributed by atoms with Gasteiger partial charge in [0.1, 0.15) is 12.6 Å². The van der Waals surface area contributed by atoms with E-state index in [2.05, 4.69) is 14.8 Å². The third-order valence-electron chi connectivity index (χ3n) is 1.77. The first-order chi connectivity index (χ1) is 7.51. The Bertz CT molecular complexity index is 265. The lowest BCUT2D eigenvalue weighted by Gasteiger charge is -2.13. The van der Waals surface area contributed by atoms with E-state index in [1.54, 1.807) is 0 Å². The molecule has 0 heterocycles. The minimum atomic E-state index is -1.20. The van der Waals surface area contributed by atoms with Crippen LogP contribution in [0.5, 0.6) is 0 Å². The van der Waals surface area contributed by atoms with Crippen LogP contribution in [0.2, 0.25) is 0 Å². The minimum absolute atomic E-state index is 0.0164. The fourth-order valence-corrected chi connectivity index (χ4v) is 0.989. The number of aliphatic carboxylic acids is 1. The number of carboxylic acids is 1. The van der Waals surface area contributed by atoms with E-state index in [1.807, 2.05) is 0 Å². The quantitative estimate of drug-likeness (QED) is 0.556. The number of carbonyl (C=O) groups excluding carboxylic acids is 2. The first-order valence-corrected chi connectivity index (χ1v) is 4.59. The Balaban J connectivity index is 4.12. The fraction of sp³-hybridized carbons (Fsp3) is 0.667. The summed E-state index contributed by atoms with van der Waals surface area (Å²) < 4.78 is 8.90. The van der Waals surface area contributed by atoms with Gasteiger partial charge in [-0.15, -0.1) is 0 Å². The maximum atomic E-state index is 11.1. The molecule has 0 fully saturated rings. The molecule has 0 saturated carbocycles. The Morgan fingerprint density at radius 2 is 1.94 bits per heavy atom. The van der Waals surface area contributed by atoms with Crippen LogP contribution in [0, 0.1) is 0 Å². The molecule has 0 aliphatic heterocycles. The summed E-state index contributed by atoms with van der Waals surface area (Å²) >= 11 is 0. The molecule has 0 aromatic rings. The molecule has 0 unspecified atom stereocenters. The molecule has 1 amide bonds. The van der Waals surface area contributed by atoms with Gasteiger partial charge >= 0.3 is 11.9 Å². The lowest BCUT2D eigenvalue weighted by Crippen LogP contribution is -2.42. The summed E-state index contributed by atoms with van der Waals surface area (Å²) in [7, 11) is 2.53. The van der Waals surface area contributed by atoms with Crippen LogP contribution < -0.4 is 5.32 Å². The van der Waals surface area contributed by atoms with Crippen LogP contribution in [-0.4, -0.2) is 49.8 Å². The number of rotatable bonds is 7. The van der Waals surface area contributed by atoms with E-state index >= 15 is 0 Å². The van der Waals surface area contributed by atoms with Gasteiger partial charge in [-0.05, 0) is 6.42 Å². The largest absolute Gasteiger partial charge is 0.480 e. The van der Waals surface area contributed by atoms with Gasteiger partial charge in [0, 0.05) is 13.5 Å². The maximum Gasteiger partial charge on any atom is 0.326 e. The molecule has 0 aromatic carbocycles. The average molecular weight is 233 g/mol. The number of hydrogen-bond acceptors (Lipinski definition) is 5. The summed E-state index contributed by atoms with van der Waals surface area (Å²) in [5, 5.41) is 11.0. The standard InChI is InChI=1S/C9H15NO6/c1-15-5-7(11)10-6(9(13)14)3-4-8(12)16-2/h6H,3-5H2,1-2H3,(H,10,11)(H,13,14)/t6-/m1/s1. The second-order valence-electron chi connectivity index (χ2n) is 3.01. The molecule has 0 aliphatic rings. The number of methoxy groups -OCH3 is 2. The van der Waals surface area contributed by atoms with Gasteiger partial charge in [0.25, 0.3) is 0 Å². The van der Waals surface area contributed by atoms with Gasteiger partial charge in [-0.2, -0.15) is 0 Å². The Morgan fingerprint density at radius 1 is 1.31 bits per heavy atom. The van der Waals surface area contributed by atoms with Gasteiger partial charge < -0.3 is 19.9 Å². The molecule has 0 rings (SSSR count). The summed E-state index contributed by atoms with van der Waals surface area (Å²) in [6, 6.07) is -1.11. The Hall–Kier alpha value is -1.63. The molecule has 2 N–H and O–H groups in total. The molecular formula is C9H15NO6. The highest BCUT2D eigenvalue weighted by Crippen LogP contribution is 1.99. The van der Waals surface area contributed by atoms with Crippen LogP contribution in [0.4, 0.5) is 0 Å². The molecular weight excluding hydrogens is 218 g/mol. The zero-order chi connectivity index (χ0) is 12.6. The van der Waals surface area contributed by atoms with E-state index in [9.17, 15) is 14.4 Å². The first kappa shape index (κ1) is 14.4. The van der Waals surface area contributed by atoms with Crippen molar-refractivity contribution in [2.24, 2.45) is 0 Å². The maximum absolute atomic E-state index is 11.1. The van der Waals surface area contributed by atoms with Gasteiger partial charge in [0.2, 0.25) is 5.91 Å². The van der Waals surface area contributed by atoms with Crippen LogP contribution in [0.3, 0.4) is 0 Å². The highest BCUT2D eigenvalue weighted by atomic mass is 16.5. The van der Waals surface area contributed by atoms with Crippen molar-refractivity contribution in [2.45, 2.75) is 18.9 Å². The van der Waals surface area contributed by atoms with E-state index in [0.29, 0.717) is 0 Å². The summed E-state index contributed by atoms with van der Waals surface area (Å²) in [6.45, 7) is -0.220. The minimum Gasteiger partial charge on any atom is -0.480 e. The SMILES string of the molecule is COCC(=O)N[C@H](CCC(=O)OC)C(=O)O. The lowest BCUT2D eigenvalue weighted by atomic mass is 10.1. The third kappa shape index (κ3) is 5.97. The van der Waals surface area contributed by atoms with E-state index in [4.69, 9.17) is 5.11 Å². The first-order valence-electron chi connectivity index (χ1n) is 4.59. The number of hydrogen-bond donors (Lipinski definition) is 2. The number of esters is 1. The van der Waals surface area contributed by atoms with Crippen molar-refractivity contribution in [3.63, 3.8) is 0 Å². The molecule has 0 radical (unpaired) electrons. The Morgan fingerprint density at radius 3 is 2.38 bits per heavy atom. The van der Waals surface area contributed by atoms with Crippen LogP contribution in [-0.2, 0) is 23.9 Å². The van der Waals surface area contributed by atoms with Crippen molar-refractivity contribution in [3.8, 4) is 0 Å². The fourth-order valence-electron chi connectivity index (χ4n) is 0.989. The van der Waals surface area contributed by atoms with Gasteiger partial charge in [0.05, 0.1) is 7.11 Å². The average Bonchev–Trinajstić information content (AvgIpc) is 2.23. The third-order valence-corrected chi connectivity index (χ3v) is 1.77. The van der Waals surface area contributed by atoms with Crippen LogP contribution in [0.15, 0.2) is 0 Å². The van der Waals surface area contributed by atoms with Gasteiger partial charge in [-0.1, -0.05) is 0 Å². The Labute approximate surface area is 92.7 Å². The molecule has 1 atom stereocenters. The van der Waals surface area contributed by atoms with Crippen molar-refractivity contribution in [3.05, 3.63) is 0 Å². The van der Waals surface area contributed by atoms with Crippen LogP contribution in [0.1, 0.15) is 12.8 Å². The highest BCUT2D eigenvalue weighted by Gasteiger charge is 2.20. The second-order valence-corrected chi connectivity index (χ2v) is 3.01. The number of amides is 1. The van der Waals surface area contributed by atoms with E-state index < -0.39 is 23.9 Å². The predicted molar refractivity (Wildman–Crippen MR) is 52.7 cm³/mol. The zero-order valence-electron chi connectivity index (χ0n) is 9.19. The molecule has 92 valence electrons. The normalized spacial score (nSPS) is 11.6. The molecule has 7 heteroatoms. The van der Waals surface area contributed by atoms with E-state index in [-0.39, 0.29) is 19.4 Å². The van der Waals surface area contributed by atoms with Crippen LogP contribution >= 0.6 is 0 Å². The second kappa shape index (κ2) is 7.63. The molecule has 0 aliphatic carbocycles. The zero-order valence-corrected chi connectivity index (χ0v) is 9.19. The smallest absolute Gasteiger partial charge is 0.326 e. The monoisotopic (exact) mass is 233 g/mol. The molecule has 0 spiro atoms. The summed E-state index contributed by atoms with van der Waals surface area (Å²) in [5.74, 6) is -2.26. The van der Waals surface area contributed by atoms with Crippen molar-refractivity contribution >= 4 is 17.8 Å². The topological polar surface area (TPSA) is 102 Å². The van der Waals surface area contributed by atoms with Crippen molar-refractivity contribution in [1.82, 2.24) is 5.32 Å². The van der Waals surface area contributed by atoms with Crippen molar-refractivity contribution in [1.29, 1.82) is 0 Å². The van der Waals surface area contributed by atoms with Gasteiger partial charge in [-0.25, -0.2) is 4.79 Å². The predicted octanol–water partition coefficient (Wildman–Crippen LogP) is -0.845. The van der Waals surface area contributed by atoms with Crippen LogP contribution in [0.25, 0.3) is 0 Å². The molecule has 0 aromatic heterocycles. The number of carboxylic acid groups (broad SMARTS) is 1. The van der Waals surface area contributed by atoms with E-state index in [1.165, 1.54) is 14.2 Å².